The lowest BCUT2D eigenvalue weighted by Gasteiger charge is -2.15. The Bertz CT molecular complexity index is 480. The predicted molar refractivity (Wildman–Crippen MR) is 73.8 cm³/mol. The summed E-state index contributed by atoms with van der Waals surface area (Å²) in [6.45, 7) is 3.68. The first-order chi connectivity index (χ1) is 8.93. The minimum Gasteiger partial charge on any atom is -0.479 e. The molecule has 1 aromatic carbocycles. The van der Waals surface area contributed by atoms with Crippen LogP contribution in [0.4, 0.5) is 4.79 Å². The average Bonchev–Trinajstić information content (AvgIpc) is 2.34. The maximum Gasteiger partial charge on any atom is 0.321 e. The lowest BCUT2D eigenvalue weighted by atomic mass is 10.3. The van der Waals surface area contributed by atoms with E-state index in [1.54, 1.807) is 19.1 Å². The van der Waals surface area contributed by atoms with Crippen molar-refractivity contribution in [3.05, 3.63) is 28.2 Å². The second kappa shape index (κ2) is 7.21. The van der Waals surface area contributed by atoms with Crippen molar-refractivity contribution in [3.63, 3.8) is 0 Å². The van der Waals surface area contributed by atoms with Crippen LogP contribution >= 0.6 is 23.2 Å². The molecule has 0 aromatic heterocycles. The largest absolute Gasteiger partial charge is 0.479 e. The van der Waals surface area contributed by atoms with Gasteiger partial charge in [0.2, 0.25) is 0 Å². The maximum atomic E-state index is 11.7. The van der Waals surface area contributed by atoms with Gasteiger partial charge >= 0.3 is 6.03 Å². The van der Waals surface area contributed by atoms with Gasteiger partial charge < -0.3 is 10.1 Å². The average molecular weight is 305 g/mol. The fraction of sp³-hybridized carbons (Fsp3) is 0.333. The molecule has 1 aromatic rings. The molecule has 0 saturated carbocycles. The van der Waals surface area contributed by atoms with E-state index in [1.807, 2.05) is 0 Å². The second-order valence-corrected chi connectivity index (χ2v) is 4.53. The molecule has 0 radical (unpaired) electrons. The smallest absolute Gasteiger partial charge is 0.321 e. The number of carbonyl (C=O) groups excluding carboxylic acids is 2. The zero-order chi connectivity index (χ0) is 14.4. The summed E-state index contributed by atoms with van der Waals surface area (Å²) in [5, 5.41) is 5.36. The Morgan fingerprint density at radius 2 is 2.05 bits per heavy atom. The van der Waals surface area contributed by atoms with Crippen molar-refractivity contribution in [2.75, 3.05) is 6.54 Å². The standard InChI is InChI=1S/C12H14Cl2N2O3/c1-3-15-12(18)16-11(17)7(2)19-10-6-8(13)4-5-9(10)14/h4-7H,3H2,1-2H3,(H2,15,16,17,18). The van der Waals surface area contributed by atoms with Crippen LogP contribution in [-0.2, 0) is 4.79 Å². The third-order valence-electron chi connectivity index (χ3n) is 2.14. The molecular weight excluding hydrogens is 291 g/mol. The van der Waals surface area contributed by atoms with Gasteiger partial charge in [0.15, 0.2) is 6.10 Å². The van der Waals surface area contributed by atoms with E-state index >= 15 is 0 Å². The van der Waals surface area contributed by atoms with Crippen molar-refractivity contribution in [2.45, 2.75) is 20.0 Å². The van der Waals surface area contributed by atoms with Crippen molar-refractivity contribution < 1.29 is 14.3 Å². The van der Waals surface area contributed by atoms with E-state index in [9.17, 15) is 9.59 Å². The summed E-state index contributed by atoms with van der Waals surface area (Å²) in [5.74, 6) is -0.283. The Balaban J connectivity index is 2.63. The normalized spacial score (nSPS) is 11.6. The molecule has 1 atom stereocenters. The number of urea groups is 1. The second-order valence-electron chi connectivity index (χ2n) is 3.68. The van der Waals surface area contributed by atoms with E-state index in [0.717, 1.165) is 0 Å². The highest BCUT2D eigenvalue weighted by atomic mass is 35.5. The molecule has 0 fully saturated rings. The van der Waals surface area contributed by atoms with Crippen LogP contribution in [0.15, 0.2) is 18.2 Å². The maximum absolute atomic E-state index is 11.7. The summed E-state index contributed by atoms with van der Waals surface area (Å²) in [4.78, 5) is 22.8. The van der Waals surface area contributed by atoms with Crippen LogP contribution in [-0.4, -0.2) is 24.6 Å². The van der Waals surface area contributed by atoms with Gasteiger partial charge in [-0.3, -0.25) is 10.1 Å². The predicted octanol–water partition coefficient (Wildman–Crippen LogP) is 2.61. The molecule has 1 unspecified atom stereocenters. The molecule has 0 heterocycles. The molecule has 19 heavy (non-hydrogen) atoms. The van der Waals surface area contributed by atoms with Gasteiger partial charge in [-0.15, -0.1) is 0 Å². The zero-order valence-electron chi connectivity index (χ0n) is 10.5. The van der Waals surface area contributed by atoms with Gasteiger partial charge in [-0.25, -0.2) is 4.79 Å². The number of carbonyl (C=O) groups is 2. The van der Waals surface area contributed by atoms with Crippen LogP contribution in [0.1, 0.15) is 13.8 Å². The van der Waals surface area contributed by atoms with Crippen LogP contribution < -0.4 is 15.4 Å². The van der Waals surface area contributed by atoms with E-state index < -0.39 is 18.0 Å². The Morgan fingerprint density at radius 3 is 2.68 bits per heavy atom. The van der Waals surface area contributed by atoms with E-state index in [2.05, 4.69) is 10.6 Å². The molecule has 1 rings (SSSR count). The van der Waals surface area contributed by atoms with Crippen molar-refractivity contribution >= 4 is 35.1 Å². The topological polar surface area (TPSA) is 67.4 Å². The van der Waals surface area contributed by atoms with E-state index in [-0.39, 0.29) is 5.75 Å². The summed E-state index contributed by atoms with van der Waals surface area (Å²) in [5.41, 5.74) is 0. The fourth-order valence-corrected chi connectivity index (χ4v) is 1.55. The molecule has 2 N–H and O–H groups in total. The SMILES string of the molecule is CCNC(=O)NC(=O)C(C)Oc1cc(Cl)ccc1Cl. The number of imide groups is 1. The zero-order valence-corrected chi connectivity index (χ0v) is 12.0. The molecule has 0 bridgehead atoms. The molecular formula is C12H14Cl2N2O3. The van der Waals surface area contributed by atoms with Crippen LogP contribution in [0, 0.1) is 0 Å². The number of hydrogen-bond acceptors (Lipinski definition) is 3. The number of rotatable bonds is 4. The molecule has 0 saturated heterocycles. The summed E-state index contributed by atoms with van der Waals surface area (Å²) in [6.07, 6.45) is -0.876. The van der Waals surface area contributed by atoms with Crippen LogP contribution in [0.25, 0.3) is 0 Å². The monoisotopic (exact) mass is 304 g/mol. The van der Waals surface area contributed by atoms with E-state index in [0.29, 0.717) is 16.6 Å². The van der Waals surface area contributed by atoms with Crippen molar-refractivity contribution in [3.8, 4) is 5.75 Å². The van der Waals surface area contributed by atoms with E-state index in [1.165, 1.54) is 13.0 Å². The molecule has 0 aliphatic heterocycles. The number of halogens is 2. The number of ether oxygens (including phenoxy) is 1. The third kappa shape index (κ3) is 4.96. The molecule has 0 aliphatic rings. The Morgan fingerprint density at radius 1 is 1.37 bits per heavy atom. The molecule has 5 nitrogen and oxygen atoms in total. The molecule has 7 heteroatoms. The number of amides is 3. The summed E-state index contributed by atoms with van der Waals surface area (Å²) >= 11 is 11.7. The van der Waals surface area contributed by atoms with Gasteiger partial charge in [0.1, 0.15) is 5.75 Å². The van der Waals surface area contributed by atoms with Gasteiger partial charge in [-0.2, -0.15) is 0 Å². The van der Waals surface area contributed by atoms with Gasteiger partial charge in [-0.05, 0) is 26.0 Å². The van der Waals surface area contributed by atoms with Crippen molar-refractivity contribution in [1.82, 2.24) is 10.6 Å². The quantitative estimate of drug-likeness (QED) is 0.898. The molecule has 3 amide bonds. The first-order valence-electron chi connectivity index (χ1n) is 5.64. The number of benzene rings is 1. The van der Waals surface area contributed by atoms with Crippen molar-refractivity contribution in [2.24, 2.45) is 0 Å². The Kier molecular flexibility index (Phi) is 5.92. The van der Waals surface area contributed by atoms with Gasteiger partial charge in [0.25, 0.3) is 5.91 Å². The third-order valence-corrected chi connectivity index (χ3v) is 2.69. The summed E-state index contributed by atoms with van der Waals surface area (Å²) < 4.78 is 5.36. The van der Waals surface area contributed by atoms with Crippen molar-refractivity contribution in [1.29, 1.82) is 0 Å². The van der Waals surface area contributed by atoms with Gasteiger partial charge in [0.05, 0.1) is 5.02 Å². The lowest BCUT2D eigenvalue weighted by molar-refractivity contribution is -0.126. The summed E-state index contributed by atoms with van der Waals surface area (Å²) in [7, 11) is 0. The van der Waals surface area contributed by atoms with E-state index in [4.69, 9.17) is 27.9 Å². The van der Waals surface area contributed by atoms with Crippen LogP contribution in [0.3, 0.4) is 0 Å². The molecule has 104 valence electrons. The van der Waals surface area contributed by atoms with Gasteiger partial charge in [-0.1, -0.05) is 23.2 Å². The minimum absolute atomic E-state index is 0.285. The highest BCUT2D eigenvalue weighted by molar-refractivity contribution is 6.34. The highest BCUT2D eigenvalue weighted by Gasteiger charge is 2.18. The molecule has 0 aliphatic carbocycles. The Labute approximate surface area is 121 Å². The Hall–Kier alpha value is -1.46. The minimum atomic E-state index is -0.876. The van der Waals surface area contributed by atoms with Crippen LogP contribution in [0.5, 0.6) is 5.75 Å². The lowest BCUT2D eigenvalue weighted by Crippen LogP contribution is -2.45. The summed E-state index contributed by atoms with van der Waals surface area (Å²) in [6, 6.07) is 4.10. The number of nitrogens with one attached hydrogen (secondary N) is 2. The van der Waals surface area contributed by atoms with Crippen LogP contribution in [0.2, 0.25) is 10.0 Å². The van der Waals surface area contributed by atoms with Gasteiger partial charge in [0, 0.05) is 17.6 Å². The number of hydrogen-bond donors (Lipinski definition) is 2. The first kappa shape index (κ1) is 15.6. The fourth-order valence-electron chi connectivity index (χ4n) is 1.23. The molecule has 0 spiro atoms. The highest BCUT2D eigenvalue weighted by Crippen LogP contribution is 2.28. The first-order valence-corrected chi connectivity index (χ1v) is 6.40.